The van der Waals surface area contributed by atoms with Gasteiger partial charge in [0, 0.05) is 6.42 Å². The zero-order valence-corrected chi connectivity index (χ0v) is 9.99. The van der Waals surface area contributed by atoms with Crippen LogP contribution in [0.25, 0.3) is 0 Å². The minimum atomic E-state index is 0.148. The van der Waals surface area contributed by atoms with Gasteiger partial charge >= 0.3 is 0 Å². The lowest BCUT2D eigenvalue weighted by molar-refractivity contribution is 0.0302. The quantitative estimate of drug-likeness (QED) is 0.445. The number of ether oxygens (including phenoxy) is 2. The molecule has 0 aromatic heterocycles. The Balaban J connectivity index is 2.15. The van der Waals surface area contributed by atoms with Gasteiger partial charge in [0.05, 0.1) is 12.2 Å². The summed E-state index contributed by atoms with van der Waals surface area (Å²) in [6.45, 7) is 6.17. The van der Waals surface area contributed by atoms with Crippen molar-refractivity contribution in [3.63, 3.8) is 0 Å². The number of rotatable bonds is 5. The molecule has 0 atom stereocenters. The van der Waals surface area contributed by atoms with Gasteiger partial charge in [-0.05, 0) is 30.5 Å². The van der Waals surface area contributed by atoms with Gasteiger partial charge in [-0.2, -0.15) is 0 Å². The molecule has 0 aliphatic heterocycles. The molecule has 0 saturated heterocycles. The fraction of sp³-hybridized carbons (Fsp3) is 0.357. The maximum absolute atomic E-state index is 11.8. The van der Waals surface area contributed by atoms with Crippen LogP contribution < -0.4 is 4.74 Å². The monoisotopic (exact) mass is 232 g/mol. The van der Waals surface area contributed by atoms with Crippen LogP contribution in [0.5, 0.6) is 5.75 Å². The molecular formula is C14H16O3. The standard InChI is InChI=1S/C14H16O3/c1-3-8-16-9-17-13-7-4-10(2)11-5-6-12(15)14(11)13/h3-4,7H,1,5-6,8-9H2,2H3. The summed E-state index contributed by atoms with van der Waals surface area (Å²) in [6, 6.07) is 3.83. The van der Waals surface area contributed by atoms with Crippen LogP contribution in [0.1, 0.15) is 27.9 Å². The Kier molecular flexibility index (Phi) is 3.59. The van der Waals surface area contributed by atoms with Crippen LogP contribution in [-0.4, -0.2) is 19.2 Å². The Morgan fingerprint density at radius 1 is 1.41 bits per heavy atom. The average Bonchev–Trinajstić information content (AvgIpc) is 2.71. The molecule has 0 unspecified atom stereocenters. The highest BCUT2D eigenvalue weighted by Crippen LogP contribution is 2.32. The number of carbonyl (C=O) groups is 1. The largest absolute Gasteiger partial charge is 0.467 e. The number of fused-ring (bicyclic) bond motifs is 1. The van der Waals surface area contributed by atoms with E-state index in [1.807, 2.05) is 19.1 Å². The summed E-state index contributed by atoms with van der Waals surface area (Å²) in [5, 5.41) is 0. The Morgan fingerprint density at radius 2 is 2.24 bits per heavy atom. The highest BCUT2D eigenvalue weighted by molar-refractivity contribution is 6.03. The average molecular weight is 232 g/mol. The first kappa shape index (κ1) is 11.9. The van der Waals surface area contributed by atoms with E-state index in [1.54, 1.807) is 6.08 Å². The second-order valence-electron chi connectivity index (χ2n) is 4.08. The molecule has 1 aromatic rings. The van der Waals surface area contributed by atoms with E-state index in [0.717, 1.165) is 23.1 Å². The molecule has 1 aromatic carbocycles. The third kappa shape index (κ3) is 2.39. The molecule has 17 heavy (non-hydrogen) atoms. The van der Waals surface area contributed by atoms with Crippen LogP contribution in [0.2, 0.25) is 0 Å². The van der Waals surface area contributed by atoms with Gasteiger partial charge < -0.3 is 9.47 Å². The zero-order valence-electron chi connectivity index (χ0n) is 9.99. The smallest absolute Gasteiger partial charge is 0.189 e. The van der Waals surface area contributed by atoms with Gasteiger partial charge in [-0.25, -0.2) is 0 Å². The SMILES string of the molecule is C=CCOCOc1ccc(C)c2c1C(=O)CC2. The number of ketones is 1. The number of aryl methyl sites for hydroxylation is 1. The molecule has 1 aliphatic carbocycles. The van der Waals surface area contributed by atoms with E-state index in [1.165, 1.54) is 0 Å². The number of Topliss-reactive ketones (excluding diaryl/α,β-unsaturated/α-hetero) is 1. The Hall–Kier alpha value is -1.61. The topological polar surface area (TPSA) is 35.5 Å². The van der Waals surface area contributed by atoms with Gasteiger partial charge in [0.2, 0.25) is 0 Å². The molecule has 2 rings (SSSR count). The van der Waals surface area contributed by atoms with Crippen LogP contribution in [0, 0.1) is 6.92 Å². The molecule has 0 bridgehead atoms. The van der Waals surface area contributed by atoms with E-state index in [9.17, 15) is 4.79 Å². The lowest BCUT2D eigenvalue weighted by Crippen LogP contribution is -2.06. The van der Waals surface area contributed by atoms with E-state index in [4.69, 9.17) is 9.47 Å². The third-order valence-electron chi connectivity index (χ3n) is 2.92. The van der Waals surface area contributed by atoms with Gasteiger partial charge in [0.1, 0.15) is 5.75 Å². The minimum absolute atomic E-state index is 0.148. The van der Waals surface area contributed by atoms with Crippen molar-refractivity contribution >= 4 is 5.78 Å². The van der Waals surface area contributed by atoms with E-state index in [2.05, 4.69) is 6.58 Å². The van der Waals surface area contributed by atoms with Crippen molar-refractivity contribution in [3.8, 4) is 5.75 Å². The molecule has 0 radical (unpaired) electrons. The summed E-state index contributed by atoms with van der Waals surface area (Å²) >= 11 is 0. The summed E-state index contributed by atoms with van der Waals surface area (Å²) in [4.78, 5) is 11.8. The van der Waals surface area contributed by atoms with Crippen molar-refractivity contribution in [1.82, 2.24) is 0 Å². The van der Waals surface area contributed by atoms with Crippen LogP contribution >= 0.6 is 0 Å². The first-order chi connectivity index (χ1) is 8.24. The van der Waals surface area contributed by atoms with Crippen molar-refractivity contribution in [2.75, 3.05) is 13.4 Å². The Morgan fingerprint density at radius 3 is 3.00 bits per heavy atom. The number of carbonyl (C=O) groups excluding carboxylic acids is 1. The van der Waals surface area contributed by atoms with Gasteiger partial charge in [-0.3, -0.25) is 4.79 Å². The number of benzene rings is 1. The summed E-state index contributed by atoms with van der Waals surface area (Å²) in [6.07, 6.45) is 3.07. The van der Waals surface area contributed by atoms with Gasteiger partial charge in [0.25, 0.3) is 0 Å². The van der Waals surface area contributed by atoms with Gasteiger partial charge in [0.15, 0.2) is 12.6 Å². The summed E-state index contributed by atoms with van der Waals surface area (Å²) in [5.41, 5.74) is 3.02. The zero-order chi connectivity index (χ0) is 12.3. The minimum Gasteiger partial charge on any atom is -0.467 e. The molecule has 0 spiro atoms. The predicted molar refractivity (Wildman–Crippen MR) is 65.5 cm³/mol. The molecule has 0 saturated carbocycles. The first-order valence-corrected chi connectivity index (χ1v) is 5.71. The van der Waals surface area contributed by atoms with E-state index < -0.39 is 0 Å². The van der Waals surface area contributed by atoms with Crippen molar-refractivity contribution < 1.29 is 14.3 Å². The molecule has 0 fully saturated rings. The van der Waals surface area contributed by atoms with Gasteiger partial charge in [-0.1, -0.05) is 12.1 Å². The number of hydrogen-bond acceptors (Lipinski definition) is 3. The van der Waals surface area contributed by atoms with Gasteiger partial charge in [-0.15, -0.1) is 6.58 Å². The van der Waals surface area contributed by atoms with E-state index in [-0.39, 0.29) is 12.6 Å². The first-order valence-electron chi connectivity index (χ1n) is 5.71. The molecule has 3 heteroatoms. The summed E-state index contributed by atoms with van der Waals surface area (Å²) in [7, 11) is 0. The third-order valence-corrected chi connectivity index (χ3v) is 2.92. The lowest BCUT2D eigenvalue weighted by atomic mass is 10.0. The summed E-state index contributed by atoms with van der Waals surface area (Å²) in [5.74, 6) is 0.805. The maximum Gasteiger partial charge on any atom is 0.189 e. The molecule has 90 valence electrons. The fourth-order valence-corrected chi connectivity index (χ4v) is 2.08. The van der Waals surface area contributed by atoms with Crippen LogP contribution in [0.4, 0.5) is 0 Å². The number of hydrogen-bond donors (Lipinski definition) is 0. The maximum atomic E-state index is 11.8. The lowest BCUT2D eigenvalue weighted by Gasteiger charge is -2.11. The van der Waals surface area contributed by atoms with Crippen molar-refractivity contribution in [3.05, 3.63) is 41.5 Å². The van der Waals surface area contributed by atoms with Crippen molar-refractivity contribution in [2.24, 2.45) is 0 Å². The van der Waals surface area contributed by atoms with E-state index >= 15 is 0 Å². The molecule has 0 heterocycles. The molecule has 0 amide bonds. The normalized spacial score (nSPS) is 13.6. The predicted octanol–water partition coefficient (Wildman–Crippen LogP) is 2.66. The molecular weight excluding hydrogens is 216 g/mol. The van der Waals surface area contributed by atoms with Crippen molar-refractivity contribution in [1.29, 1.82) is 0 Å². The summed E-state index contributed by atoms with van der Waals surface area (Å²) < 4.78 is 10.6. The molecule has 1 aliphatic rings. The fourth-order valence-electron chi connectivity index (χ4n) is 2.08. The van der Waals surface area contributed by atoms with E-state index in [0.29, 0.717) is 18.8 Å². The van der Waals surface area contributed by atoms with Crippen LogP contribution in [0.15, 0.2) is 24.8 Å². The molecule has 0 N–H and O–H groups in total. The van der Waals surface area contributed by atoms with Crippen LogP contribution in [0.3, 0.4) is 0 Å². The second kappa shape index (κ2) is 5.15. The highest BCUT2D eigenvalue weighted by Gasteiger charge is 2.25. The Labute approximate surface area is 101 Å². The van der Waals surface area contributed by atoms with Crippen LogP contribution in [-0.2, 0) is 11.2 Å². The second-order valence-corrected chi connectivity index (χ2v) is 4.08. The Bertz CT molecular complexity index is 449. The highest BCUT2D eigenvalue weighted by atomic mass is 16.7. The van der Waals surface area contributed by atoms with Crippen molar-refractivity contribution in [2.45, 2.75) is 19.8 Å². The molecule has 3 nitrogen and oxygen atoms in total.